The lowest BCUT2D eigenvalue weighted by Crippen LogP contribution is -2.54. The number of carbonyl (C=O) groups is 2. The smallest absolute Gasteiger partial charge is 0.329 e. The third-order valence-corrected chi connectivity index (χ3v) is 3.38. The number of hydrogen-bond donors (Lipinski definition) is 1. The van der Waals surface area contributed by atoms with Crippen molar-refractivity contribution >= 4 is 12.4 Å². The van der Waals surface area contributed by atoms with Crippen LogP contribution in [0.2, 0.25) is 0 Å². The lowest BCUT2D eigenvalue weighted by molar-refractivity contribution is -0.156. The predicted molar refractivity (Wildman–Crippen MR) is 63.2 cm³/mol. The van der Waals surface area contributed by atoms with E-state index < -0.39 is 11.5 Å². The van der Waals surface area contributed by atoms with Crippen LogP contribution in [0.4, 0.5) is 0 Å². The van der Waals surface area contributed by atoms with Gasteiger partial charge in [-0.1, -0.05) is 27.2 Å². The summed E-state index contributed by atoms with van der Waals surface area (Å²) in [4.78, 5) is 23.8. The fourth-order valence-corrected chi connectivity index (χ4v) is 2.02. The quantitative estimate of drug-likeness (QED) is 0.649. The van der Waals surface area contributed by atoms with Crippen molar-refractivity contribution in [2.45, 2.75) is 52.5 Å². The van der Waals surface area contributed by atoms with Gasteiger partial charge in [-0.3, -0.25) is 4.79 Å². The van der Waals surface area contributed by atoms with Gasteiger partial charge in [0.15, 0.2) is 0 Å². The molecule has 0 aliphatic rings. The highest BCUT2D eigenvalue weighted by molar-refractivity contribution is 5.81. The Morgan fingerprint density at radius 3 is 2.25 bits per heavy atom. The molecule has 4 nitrogen and oxygen atoms in total. The molecule has 0 aromatic heterocycles. The van der Waals surface area contributed by atoms with Crippen molar-refractivity contribution in [1.29, 1.82) is 0 Å². The minimum Gasteiger partial charge on any atom is -0.479 e. The number of likely N-dealkylation sites (N-methyl/N-ethyl adjacent to an activating group) is 1. The molecule has 0 spiro atoms. The maximum absolute atomic E-state index is 11.5. The van der Waals surface area contributed by atoms with Gasteiger partial charge in [0.05, 0.1) is 0 Å². The van der Waals surface area contributed by atoms with Crippen LogP contribution >= 0.6 is 0 Å². The summed E-state index contributed by atoms with van der Waals surface area (Å²) in [5.41, 5.74) is -1.04. The molecule has 0 fully saturated rings. The van der Waals surface area contributed by atoms with Gasteiger partial charge >= 0.3 is 5.97 Å². The fraction of sp³-hybridized carbons (Fsp3) is 0.833. The summed E-state index contributed by atoms with van der Waals surface area (Å²) < 4.78 is 0. The van der Waals surface area contributed by atoms with Gasteiger partial charge in [-0.25, -0.2) is 4.79 Å². The molecular formula is C12H23NO3. The van der Waals surface area contributed by atoms with Gasteiger partial charge in [0.25, 0.3) is 0 Å². The molecule has 0 aromatic rings. The monoisotopic (exact) mass is 229 g/mol. The molecule has 0 saturated heterocycles. The van der Waals surface area contributed by atoms with Crippen LogP contribution in [0.5, 0.6) is 0 Å². The van der Waals surface area contributed by atoms with Gasteiger partial charge in [-0.2, -0.15) is 0 Å². The molecule has 94 valence electrons. The molecule has 0 aromatic carbocycles. The highest BCUT2D eigenvalue weighted by Gasteiger charge is 2.42. The lowest BCUT2D eigenvalue weighted by Gasteiger charge is -2.38. The molecule has 1 N–H and O–H groups in total. The Labute approximate surface area is 97.6 Å². The zero-order valence-electron chi connectivity index (χ0n) is 10.7. The Kier molecular flexibility index (Phi) is 6.08. The van der Waals surface area contributed by atoms with E-state index in [0.29, 0.717) is 31.7 Å². The van der Waals surface area contributed by atoms with E-state index in [0.717, 1.165) is 6.42 Å². The number of amides is 1. The average Bonchev–Trinajstić information content (AvgIpc) is 2.28. The predicted octanol–water partition coefficient (Wildman–Crippen LogP) is 2.13. The highest BCUT2D eigenvalue weighted by Crippen LogP contribution is 2.28. The Morgan fingerprint density at radius 1 is 1.44 bits per heavy atom. The molecular weight excluding hydrogens is 206 g/mol. The maximum Gasteiger partial charge on any atom is 0.329 e. The minimum absolute atomic E-state index is 0.296. The van der Waals surface area contributed by atoms with Gasteiger partial charge in [0, 0.05) is 6.54 Å². The lowest BCUT2D eigenvalue weighted by atomic mass is 9.83. The van der Waals surface area contributed by atoms with Crippen LogP contribution < -0.4 is 0 Å². The summed E-state index contributed by atoms with van der Waals surface area (Å²) in [6.07, 6.45) is 2.53. The summed E-state index contributed by atoms with van der Waals surface area (Å²) in [7, 11) is 0. The summed E-state index contributed by atoms with van der Waals surface area (Å²) >= 11 is 0. The van der Waals surface area contributed by atoms with Crippen molar-refractivity contribution in [3.8, 4) is 0 Å². The second-order valence-corrected chi connectivity index (χ2v) is 4.30. The largest absolute Gasteiger partial charge is 0.479 e. The van der Waals surface area contributed by atoms with E-state index in [-0.39, 0.29) is 0 Å². The molecule has 0 aliphatic carbocycles. The SMILES string of the molecule is CCC(C)CC(CC)(C(=O)O)N(C=O)CC. The van der Waals surface area contributed by atoms with Crippen molar-refractivity contribution < 1.29 is 14.7 Å². The fourth-order valence-electron chi connectivity index (χ4n) is 2.02. The Balaban J connectivity index is 5.13. The van der Waals surface area contributed by atoms with Crippen LogP contribution in [-0.4, -0.2) is 34.5 Å². The van der Waals surface area contributed by atoms with E-state index in [4.69, 9.17) is 0 Å². The molecule has 0 bridgehead atoms. The van der Waals surface area contributed by atoms with Gasteiger partial charge in [0.2, 0.25) is 6.41 Å². The molecule has 0 saturated carbocycles. The second kappa shape index (κ2) is 6.51. The Morgan fingerprint density at radius 2 is 2.00 bits per heavy atom. The first kappa shape index (κ1) is 14.9. The van der Waals surface area contributed by atoms with Crippen molar-refractivity contribution in [3.05, 3.63) is 0 Å². The first-order valence-corrected chi connectivity index (χ1v) is 5.93. The number of carboxylic acid groups (broad SMARTS) is 1. The van der Waals surface area contributed by atoms with Gasteiger partial charge in [0.1, 0.15) is 5.54 Å². The Bertz CT molecular complexity index is 242. The van der Waals surface area contributed by atoms with Crippen molar-refractivity contribution in [2.24, 2.45) is 5.92 Å². The number of hydrogen-bond acceptors (Lipinski definition) is 2. The normalized spacial score (nSPS) is 16.2. The number of carbonyl (C=O) groups excluding carboxylic acids is 1. The Hall–Kier alpha value is -1.06. The van der Waals surface area contributed by atoms with Gasteiger partial charge in [-0.05, 0) is 25.7 Å². The number of rotatable bonds is 8. The van der Waals surface area contributed by atoms with Crippen LogP contribution in [0, 0.1) is 5.92 Å². The zero-order chi connectivity index (χ0) is 12.8. The second-order valence-electron chi connectivity index (χ2n) is 4.30. The molecule has 4 heteroatoms. The van der Waals surface area contributed by atoms with E-state index in [1.807, 2.05) is 20.8 Å². The maximum atomic E-state index is 11.5. The van der Waals surface area contributed by atoms with E-state index in [2.05, 4.69) is 0 Å². The first-order chi connectivity index (χ1) is 7.48. The van der Waals surface area contributed by atoms with Crippen molar-refractivity contribution in [2.75, 3.05) is 6.54 Å². The van der Waals surface area contributed by atoms with E-state index in [1.165, 1.54) is 4.90 Å². The topological polar surface area (TPSA) is 57.6 Å². The third kappa shape index (κ3) is 2.97. The van der Waals surface area contributed by atoms with E-state index >= 15 is 0 Å². The van der Waals surface area contributed by atoms with Crippen LogP contribution in [0.3, 0.4) is 0 Å². The molecule has 16 heavy (non-hydrogen) atoms. The third-order valence-electron chi connectivity index (χ3n) is 3.38. The molecule has 2 unspecified atom stereocenters. The highest BCUT2D eigenvalue weighted by atomic mass is 16.4. The van der Waals surface area contributed by atoms with Crippen molar-refractivity contribution in [3.63, 3.8) is 0 Å². The van der Waals surface area contributed by atoms with Gasteiger partial charge in [-0.15, -0.1) is 0 Å². The van der Waals surface area contributed by atoms with Crippen LogP contribution in [-0.2, 0) is 9.59 Å². The van der Waals surface area contributed by atoms with Crippen molar-refractivity contribution in [1.82, 2.24) is 4.90 Å². The molecule has 0 rings (SSSR count). The van der Waals surface area contributed by atoms with E-state index in [9.17, 15) is 14.7 Å². The first-order valence-electron chi connectivity index (χ1n) is 5.93. The summed E-state index contributed by atoms with van der Waals surface area (Å²) in [5.74, 6) is -0.603. The molecule has 0 heterocycles. The molecule has 0 radical (unpaired) electrons. The van der Waals surface area contributed by atoms with E-state index in [1.54, 1.807) is 6.92 Å². The van der Waals surface area contributed by atoms with Crippen LogP contribution in [0.1, 0.15) is 47.0 Å². The number of nitrogens with zero attached hydrogens (tertiary/aromatic N) is 1. The summed E-state index contributed by atoms with van der Waals surface area (Å²) in [6, 6.07) is 0. The van der Waals surface area contributed by atoms with Crippen LogP contribution in [0.25, 0.3) is 0 Å². The molecule has 1 amide bonds. The average molecular weight is 229 g/mol. The summed E-state index contributed by atoms with van der Waals surface area (Å²) in [5, 5.41) is 9.40. The minimum atomic E-state index is -1.04. The van der Waals surface area contributed by atoms with Crippen LogP contribution in [0.15, 0.2) is 0 Å². The molecule has 0 aliphatic heterocycles. The van der Waals surface area contributed by atoms with Gasteiger partial charge < -0.3 is 10.0 Å². The number of carboxylic acids is 1. The summed E-state index contributed by atoms with van der Waals surface area (Å²) in [6.45, 7) is 8.11. The number of aliphatic carboxylic acids is 1. The molecule has 2 atom stereocenters. The zero-order valence-corrected chi connectivity index (χ0v) is 10.7. The standard InChI is InChI=1S/C12H23NO3/c1-5-10(4)8-12(6-2,11(15)16)13(7-3)9-14/h9-10H,5-8H2,1-4H3,(H,15,16).